The Morgan fingerprint density at radius 3 is 2.74 bits per heavy atom. The molecule has 0 bridgehead atoms. The molecule has 27 heavy (non-hydrogen) atoms. The van der Waals surface area contributed by atoms with Gasteiger partial charge in [-0.2, -0.15) is 5.10 Å². The highest BCUT2D eigenvalue weighted by atomic mass is 32.1. The lowest BCUT2D eigenvalue weighted by atomic mass is 9.96. The zero-order valence-electron chi connectivity index (χ0n) is 15.6. The van der Waals surface area contributed by atoms with E-state index < -0.39 is 5.41 Å². The van der Waals surface area contributed by atoms with E-state index in [-0.39, 0.29) is 12.7 Å². The molecule has 1 N–H and O–H groups in total. The van der Waals surface area contributed by atoms with E-state index in [1.807, 2.05) is 50.4 Å². The van der Waals surface area contributed by atoms with E-state index in [0.717, 1.165) is 33.5 Å². The molecule has 0 radical (unpaired) electrons. The monoisotopic (exact) mass is 384 g/mol. The number of aryl methyl sites for hydroxylation is 1. The fourth-order valence-corrected chi connectivity index (χ4v) is 3.36. The van der Waals surface area contributed by atoms with Crippen LogP contribution in [-0.2, 0) is 11.8 Å². The number of aromatic nitrogens is 3. The lowest BCUT2D eigenvalue weighted by Crippen LogP contribution is -2.28. The smallest absolute Gasteiger partial charge is 0.231 e. The Kier molecular flexibility index (Phi) is 4.15. The first kappa shape index (κ1) is 17.5. The number of nitrogens with zero attached hydrogens (tertiary/aromatic N) is 3. The fraction of sp³-hybridized carbons (Fsp3) is 0.316. The average molecular weight is 384 g/mol. The molecule has 2 aromatic heterocycles. The van der Waals surface area contributed by atoms with Crippen molar-refractivity contribution in [2.75, 3.05) is 12.1 Å². The molecule has 1 aromatic carbocycles. The van der Waals surface area contributed by atoms with Crippen LogP contribution in [0.15, 0.2) is 29.6 Å². The predicted octanol–water partition coefficient (Wildman–Crippen LogP) is 3.92. The molecule has 1 aliphatic heterocycles. The van der Waals surface area contributed by atoms with Crippen LogP contribution < -0.4 is 14.8 Å². The minimum atomic E-state index is -0.474. The quantitative estimate of drug-likeness (QED) is 0.740. The molecule has 8 heteroatoms. The summed E-state index contributed by atoms with van der Waals surface area (Å²) in [4.78, 5) is 16.9. The van der Waals surface area contributed by atoms with Gasteiger partial charge in [0.2, 0.25) is 12.7 Å². The van der Waals surface area contributed by atoms with Crippen LogP contribution in [0.1, 0.15) is 20.8 Å². The van der Waals surface area contributed by atoms with Crippen molar-refractivity contribution in [1.82, 2.24) is 14.8 Å². The van der Waals surface area contributed by atoms with Gasteiger partial charge in [0.15, 0.2) is 11.5 Å². The first-order valence-corrected chi connectivity index (χ1v) is 9.40. The highest BCUT2D eigenvalue weighted by Gasteiger charge is 2.23. The van der Waals surface area contributed by atoms with Crippen molar-refractivity contribution >= 4 is 23.1 Å². The molecule has 0 saturated carbocycles. The molecule has 7 nitrogen and oxygen atoms in total. The summed E-state index contributed by atoms with van der Waals surface area (Å²) in [6, 6.07) is 7.61. The molecule has 1 amide bonds. The maximum atomic E-state index is 12.2. The van der Waals surface area contributed by atoms with Gasteiger partial charge >= 0.3 is 0 Å². The standard InChI is InChI=1S/C19H20N4O3S/c1-19(2,3)18(24)21-16-8-12(22-23(16)4)17-20-13(9-27-17)11-5-6-14-15(7-11)26-10-25-14/h5-9H,10H2,1-4H3,(H,21,24). The van der Waals surface area contributed by atoms with E-state index in [1.54, 1.807) is 11.7 Å². The molecule has 0 atom stereocenters. The third-order valence-corrected chi connectivity index (χ3v) is 5.06. The second kappa shape index (κ2) is 6.38. The number of hydrogen-bond donors (Lipinski definition) is 1. The highest BCUT2D eigenvalue weighted by Crippen LogP contribution is 2.37. The van der Waals surface area contributed by atoms with Crippen LogP contribution in [0.2, 0.25) is 0 Å². The molecule has 0 spiro atoms. The Labute approximate surface area is 161 Å². The SMILES string of the molecule is Cn1nc(-c2nc(-c3ccc4c(c3)OCO4)cs2)cc1NC(=O)C(C)(C)C. The molecule has 0 aliphatic carbocycles. The Morgan fingerprint density at radius 1 is 1.19 bits per heavy atom. The summed E-state index contributed by atoms with van der Waals surface area (Å²) in [5.41, 5.74) is 2.05. The van der Waals surface area contributed by atoms with Crippen LogP contribution in [0.5, 0.6) is 11.5 Å². The van der Waals surface area contributed by atoms with Crippen LogP contribution in [0, 0.1) is 5.41 Å². The van der Waals surface area contributed by atoms with Crippen molar-refractivity contribution in [3.63, 3.8) is 0 Å². The van der Waals surface area contributed by atoms with E-state index in [4.69, 9.17) is 14.5 Å². The van der Waals surface area contributed by atoms with E-state index in [2.05, 4.69) is 10.4 Å². The van der Waals surface area contributed by atoms with E-state index >= 15 is 0 Å². The van der Waals surface area contributed by atoms with Crippen LogP contribution in [0.4, 0.5) is 5.82 Å². The van der Waals surface area contributed by atoms with Gasteiger partial charge in [-0.1, -0.05) is 20.8 Å². The highest BCUT2D eigenvalue weighted by molar-refractivity contribution is 7.13. The van der Waals surface area contributed by atoms with Crippen LogP contribution in [0.25, 0.3) is 22.0 Å². The fourth-order valence-electron chi connectivity index (χ4n) is 2.57. The normalized spacial score (nSPS) is 13.0. The summed E-state index contributed by atoms with van der Waals surface area (Å²) in [5.74, 6) is 2.06. The van der Waals surface area contributed by atoms with Crippen molar-refractivity contribution in [3.05, 3.63) is 29.6 Å². The zero-order valence-corrected chi connectivity index (χ0v) is 16.4. The summed E-state index contributed by atoms with van der Waals surface area (Å²) in [5, 5.41) is 10.2. The maximum Gasteiger partial charge on any atom is 0.231 e. The number of hydrogen-bond acceptors (Lipinski definition) is 6. The van der Waals surface area contributed by atoms with Crippen molar-refractivity contribution in [2.24, 2.45) is 12.5 Å². The third kappa shape index (κ3) is 3.40. The van der Waals surface area contributed by atoms with Gasteiger partial charge in [0.25, 0.3) is 0 Å². The molecule has 0 saturated heterocycles. The number of thiazole rings is 1. The Bertz CT molecular complexity index is 1020. The topological polar surface area (TPSA) is 78.3 Å². The summed E-state index contributed by atoms with van der Waals surface area (Å²) < 4.78 is 12.4. The molecule has 1 aliphatic rings. The number of ether oxygens (including phenoxy) is 2. The van der Waals surface area contributed by atoms with Gasteiger partial charge in [0, 0.05) is 29.5 Å². The van der Waals surface area contributed by atoms with E-state index in [9.17, 15) is 4.79 Å². The number of carbonyl (C=O) groups is 1. The van der Waals surface area contributed by atoms with Crippen molar-refractivity contribution in [2.45, 2.75) is 20.8 Å². The number of benzene rings is 1. The minimum absolute atomic E-state index is 0.0581. The molecule has 140 valence electrons. The Morgan fingerprint density at radius 2 is 1.96 bits per heavy atom. The lowest BCUT2D eigenvalue weighted by molar-refractivity contribution is -0.123. The molecule has 0 fully saturated rings. The lowest BCUT2D eigenvalue weighted by Gasteiger charge is -2.17. The zero-order chi connectivity index (χ0) is 19.2. The molecular formula is C19H20N4O3S. The third-order valence-electron chi connectivity index (χ3n) is 4.19. The molecular weight excluding hydrogens is 364 g/mol. The largest absolute Gasteiger partial charge is 0.454 e. The van der Waals surface area contributed by atoms with Gasteiger partial charge in [0.05, 0.1) is 5.69 Å². The number of amides is 1. The van der Waals surface area contributed by atoms with Gasteiger partial charge in [-0.3, -0.25) is 9.48 Å². The van der Waals surface area contributed by atoms with Crippen LogP contribution in [-0.4, -0.2) is 27.5 Å². The minimum Gasteiger partial charge on any atom is -0.454 e. The number of rotatable bonds is 3. The second-order valence-corrected chi connectivity index (χ2v) is 8.21. The number of anilines is 1. The first-order valence-electron chi connectivity index (χ1n) is 8.53. The number of fused-ring (bicyclic) bond motifs is 1. The second-order valence-electron chi connectivity index (χ2n) is 7.35. The summed E-state index contributed by atoms with van der Waals surface area (Å²) in [6.45, 7) is 5.87. The van der Waals surface area contributed by atoms with Gasteiger partial charge < -0.3 is 14.8 Å². The first-order chi connectivity index (χ1) is 12.8. The maximum absolute atomic E-state index is 12.2. The van der Waals surface area contributed by atoms with Crippen molar-refractivity contribution < 1.29 is 14.3 Å². The predicted molar refractivity (Wildman–Crippen MR) is 104 cm³/mol. The summed E-state index contributed by atoms with van der Waals surface area (Å²) in [7, 11) is 1.80. The Hall–Kier alpha value is -2.87. The van der Waals surface area contributed by atoms with Gasteiger partial charge in [-0.15, -0.1) is 11.3 Å². The molecule has 4 rings (SSSR count). The number of nitrogens with one attached hydrogen (secondary N) is 1. The van der Waals surface area contributed by atoms with E-state index in [0.29, 0.717) is 5.82 Å². The molecule has 0 unspecified atom stereocenters. The van der Waals surface area contributed by atoms with Gasteiger partial charge in [-0.25, -0.2) is 4.98 Å². The molecule has 3 heterocycles. The molecule has 3 aromatic rings. The number of carbonyl (C=O) groups excluding carboxylic acids is 1. The van der Waals surface area contributed by atoms with Gasteiger partial charge in [-0.05, 0) is 18.2 Å². The Balaban J connectivity index is 1.59. The van der Waals surface area contributed by atoms with Gasteiger partial charge in [0.1, 0.15) is 16.5 Å². The van der Waals surface area contributed by atoms with Crippen LogP contribution >= 0.6 is 11.3 Å². The summed E-state index contributed by atoms with van der Waals surface area (Å²) >= 11 is 1.51. The van der Waals surface area contributed by atoms with Crippen molar-refractivity contribution in [1.29, 1.82) is 0 Å². The van der Waals surface area contributed by atoms with Crippen LogP contribution in [0.3, 0.4) is 0 Å². The van der Waals surface area contributed by atoms with E-state index in [1.165, 1.54) is 11.3 Å². The average Bonchev–Trinajstić information content (AvgIpc) is 3.33. The summed E-state index contributed by atoms with van der Waals surface area (Å²) in [6.07, 6.45) is 0. The van der Waals surface area contributed by atoms with Crippen molar-refractivity contribution in [3.8, 4) is 33.5 Å².